The highest BCUT2D eigenvalue weighted by Gasteiger charge is 2.49. The van der Waals surface area contributed by atoms with Gasteiger partial charge in [0, 0.05) is 18.0 Å². The summed E-state index contributed by atoms with van der Waals surface area (Å²) in [5.41, 5.74) is 0.0858. The van der Waals surface area contributed by atoms with Crippen molar-refractivity contribution in [3.05, 3.63) is 40.6 Å². The van der Waals surface area contributed by atoms with Gasteiger partial charge in [0.05, 0.1) is 11.5 Å². The fourth-order valence-corrected chi connectivity index (χ4v) is 4.35. The van der Waals surface area contributed by atoms with Crippen LogP contribution < -0.4 is 10.9 Å². The summed E-state index contributed by atoms with van der Waals surface area (Å²) >= 11 is 0. The van der Waals surface area contributed by atoms with Crippen molar-refractivity contribution in [1.82, 2.24) is 25.5 Å². The van der Waals surface area contributed by atoms with Crippen molar-refractivity contribution in [2.75, 3.05) is 0 Å². The van der Waals surface area contributed by atoms with Crippen LogP contribution in [0.15, 0.2) is 29.3 Å². The maximum absolute atomic E-state index is 13.4. The van der Waals surface area contributed by atoms with Crippen LogP contribution in [0.5, 0.6) is 0 Å². The van der Waals surface area contributed by atoms with E-state index in [-0.39, 0.29) is 22.6 Å². The van der Waals surface area contributed by atoms with Gasteiger partial charge in [0.15, 0.2) is 11.5 Å². The van der Waals surface area contributed by atoms with Crippen molar-refractivity contribution in [2.45, 2.75) is 72.3 Å². The molecule has 2 N–H and O–H groups in total. The van der Waals surface area contributed by atoms with E-state index in [2.05, 4.69) is 46.3 Å². The van der Waals surface area contributed by atoms with Gasteiger partial charge in [0.2, 0.25) is 5.91 Å². The third kappa shape index (κ3) is 4.23. The zero-order chi connectivity index (χ0) is 21.1. The monoisotopic (exact) mass is 397 g/mol. The molecule has 3 rings (SSSR count). The molecule has 7 nitrogen and oxygen atoms in total. The van der Waals surface area contributed by atoms with Crippen molar-refractivity contribution >= 4 is 5.91 Å². The number of rotatable bonds is 5. The summed E-state index contributed by atoms with van der Waals surface area (Å²) < 4.78 is 0. The minimum atomic E-state index is -0.466. The Kier molecular flexibility index (Phi) is 6.15. The molecule has 0 aliphatic heterocycles. The van der Waals surface area contributed by atoms with E-state index in [1.165, 1.54) is 6.42 Å². The van der Waals surface area contributed by atoms with Gasteiger partial charge in [-0.25, -0.2) is 0 Å². The van der Waals surface area contributed by atoms with Crippen molar-refractivity contribution in [3.63, 3.8) is 0 Å². The van der Waals surface area contributed by atoms with Crippen LogP contribution in [0.3, 0.4) is 0 Å². The van der Waals surface area contributed by atoms with E-state index in [4.69, 9.17) is 0 Å². The highest BCUT2D eigenvalue weighted by Crippen LogP contribution is 2.50. The summed E-state index contributed by atoms with van der Waals surface area (Å²) in [6.07, 6.45) is 8.87. The fraction of sp³-hybridized carbons (Fsp3) is 0.591. The molecule has 2 heterocycles. The van der Waals surface area contributed by atoms with Crippen LogP contribution >= 0.6 is 0 Å². The maximum atomic E-state index is 13.4. The minimum absolute atomic E-state index is 0.0240. The molecule has 0 aromatic carbocycles. The molecule has 2 aromatic rings. The third-order valence-corrected chi connectivity index (χ3v) is 6.30. The Balaban J connectivity index is 1.86. The van der Waals surface area contributed by atoms with Gasteiger partial charge in [0.1, 0.15) is 0 Å². The summed E-state index contributed by atoms with van der Waals surface area (Å²) in [7, 11) is 0. The van der Waals surface area contributed by atoms with Gasteiger partial charge in [-0.15, -0.1) is 10.2 Å². The Hall–Kier alpha value is -2.57. The SMILES string of the molecule is CCC(NC(=O)C1(C(C)(C)C)CCCCC1)c1nnc(-c2ccncc2)[nH]c1=O. The van der Waals surface area contributed by atoms with E-state index < -0.39 is 11.5 Å². The van der Waals surface area contributed by atoms with Crippen LogP contribution in [0, 0.1) is 10.8 Å². The Bertz CT molecular complexity index is 895. The lowest BCUT2D eigenvalue weighted by Crippen LogP contribution is -2.51. The molecular weight excluding hydrogens is 366 g/mol. The zero-order valence-electron chi connectivity index (χ0n) is 17.8. The largest absolute Gasteiger partial charge is 0.347 e. The number of aromatic nitrogens is 4. The first-order valence-electron chi connectivity index (χ1n) is 10.5. The summed E-state index contributed by atoms with van der Waals surface area (Å²) in [5.74, 6) is 0.414. The van der Waals surface area contributed by atoms with Gasteiger partial charge in [-0.1, -0.05) is 47.0 Å². The molecule has 2 aromatic heterocycles. The quantitative estimate of drug-likeness (QED) is 0.799. The van der Waals surface area contributed by atoms with E-state index in [1.54, 1.807) is 24.5 Å². The van der Waals surface area contributed by atoms with Gasteiger partial charge in [-0.3, -0.25) is 14.6 Å². The summed E-state index contributed by atoms with van der Waals surface area (Å²) in [5, 5.41) is 11.5. The number of nitrogens with zero attached hydrogens (tertiary/aromatic N) is 3. The highest BCUT2D eigenvalue weighted by atomic mass is 16.2. The first-order valence-corrected chi connectivity index (χ1v) is 10.5. The number of carbonyl (C=O) groups excluding carboxylic acids is 1. The second-order valence-corrected chi connectivity index (χ2v) is 8.95. The molecular formula is C22H31N5O2. The second kappa shape index (κ2) is 8.43. The number of amides is 1. The number of H-pyrrole nitrogens is 1. The smallest absolute Gasteiger partial charge is 0.275 e. The molecule has 29 heavy (non-hydrogen) atoms. The lowest BCUT2D eigenvalue weighted by molar-refractivity contribution is -0.141. The van der Waals surface area contributed by atoms with E-state index in [9.17, 15) is 9.59 Å². The van der Waals surface area contributed by atoms with E-state index in [0.29, 0.717) is 12.2 Å². The van der Waals surface area contributed by atoms with Gasteiger partial charge in [0.25, 0.3) is 5.56 Å². The van der Waals surface area contributed by atoms with Crippen molar-refractivity contribution < 1.29 is 4.79 Å². The van der Waals surface area contributed by atoms with Gasteiger partial charge >= 0.3 is 0 Å². The number of hydrogen-bond donors (Lipinski definition) is 2. The Morgan fingerprint density at radius 1 is 1.17 bits per heavy atom. The average Bonchev–Trinajstić information content (AvgIpc) is 2.72. The molecule has 1 amide bonds. The van der Waals surface area contributed by atoms with Crippen LogP contribution in [0.4, 0.5) is 0 Å². The predicted molar refractivity (Wildman–Crippen MR) is 112 cm³/mol. The van der Waals surface area contributed by atoms with Crippen molar-refractivity contribution in [1.29, 1.82) is 0 Å². The molecule has 1 aliphatic rings. The number of pyridine rings is 1. The maximum Gasteiger partial charge on any atom is 0.275 e. The first-order chi connectivity index (χ1) is 13.8. The number of nitrogens with one attached hydrogen (secondary N) is 2. The minimum Gasteiger partial charge on any atom is -0.347 e. The summed E-state index contributed by atoms with van der Waals surface area (Å²) in [6.45, 7) is 8.34. The molecule has 1 unspecified atom stereocenters. The lowest BCUT2D eigenvalue weighted by atomic mass is 9.58. The Morgan fingerprint density at radius 2 is 1.83 bits per heavy atom. The molecule has 0 bridgehead atoms. The number of aromatic amines is 1. The lowest BCUT2D eigenvalue weighted by Gasteiger charge is -2.46. The molecule has 7 heteroatoms. The number of carbonyl (C=O) groups is 1. The fourth-order valence-electron chi connectivity index (χ4n) is 4.35. The topological polar surface area (TPSA) is 101 Å². The molecule has 0 spiro atoms. The zero-order valence-corrected chi connectivity index (χ0v) is 17.8. The average molecular weight is 398 g/mol. The third-order valence-electron chi connectivity index (χ3n) is 6.30. The summed E-state index contributed by atoms with van der Waals surface area (Å²) in [6, 6.07) is 3.05. The molecule has 1 atom stereocenters. The normalized spacial score (nSPS) is 17.5. The first kappa shape index (κ1) is 21.1. The van der Waals surface area contributed by atoms with Crippen molar-refractivity contribution in [2.24, 2.45) is 10.8 Å². The predicted octanol–water partition coefficient (Wildman–Crippen LogP) is 3.79. The van der Waals surface area contributed by atoms with Crippen molar-refractivity contribution in [3.8, 4) is 11.4 Å². The second-order valence-electron chi connectivity index (χ2n) is 8.95. The van der Waals surface area contributed by atoms with Crippen LogP contribution in [0.25, 0.3) is 11.4 Å². The van der Waals surface area contributed by atoms with Crippen LogP contribution in [-0.2, 0) is 4.79 Å². The Morgan fingerprint density at radius 3 is 2.38 bits per heavy atom. The van der Waals surface area contributed by atoms with E-state index >= 15 is 0 Å². The highest BCUT2D eigenvalue weighted by molar-refractivity contribution is 5.84. The Labute approximate surface area is 171 Å². The van der Waals surface area contributed by atoms with Gasteiger partial charge < -0.3 is 10.3 Å². The molecule has 156 valence electrons. The van der Waals surface area contributed by atoms with Gasteiger partial charge in [-0.05, 0) is 36.8 Å². The summed E-state index contributed by atoms with van der Waals surface area (Å²) in [4.78, 5) is 32.9. The molecule has 1 saturated carbocycles. The molecule has 0 saturated heterocycles. The van der Waals surface area contributed by atoms with Crippen LogP contribution in [0.1, 0.15) is 78.0 Å². The molecule has 0 radical (unpaired) electrons. The number of hydrogen-bond acceptors (Lipinski definition) is 5. The van der Waals surface area contributed by atoms with Crippen LogP contribution in [0.2, 0.25) is 0 Å². The van der Waals surface area contributed by atoms with E-state index in [1.807, 2.05) is 6.92 Å². The standard InChI is InChI=1S/C22H31N5O2/c1-5-16(24-20(29)22(21(2,3)4)11-7-6-8-12-22)17-19(28)25-18(27-26-17)15-9-13-23-14-10-15/h9-10,13-14,16H,5-8,11-12H2,1-4H3,(H,24,29)(H,25,27,28). The van der Waals surface area contributed by atoms with E-state index in [0.717, 1.165) is 31.2 Å². The molecule has 1 fully saturated rings. The van der Waals surface area contributed by atoms with Crippen LogP contribution in [-0.4, -0.2) is 26.1 Å². The van der Waals surface area contributed by atoms with Gasteiger partial charge in [-0.2, -0.15) is 0 Å². The molecule has 1 aliphatic carbocycles.